The minimum Gasteiger partial charge on any atom is -0.349 e. The van der Waals surface area contributed by atoms with Crippen LogP contribution in [0, 0.1) is 5.92 Å². The fourth-order valence-electron chi connectivity index (χ4n) is 1.89. The van der Waals surface area contributed by atoms with Crippen molar-refractivity contribution in [2.45, 2.75) is 36.3 Å². The van der Waals surface area contributed by atoms with Crippen molar-refractivity contribution in [3.63, 3.8) is 0 Å². The van der Waals surface area contributed by atoms with Crippen molar-refractivity contribution in [1.29, 1.82) is 0 Å². The molecule has 0 radical (unpaired) electrons. The third kappa shape index (κ3) is 3.17. The molecular formula is C12H13F3N2O3S. The van der Waals surface area contributed by atoms with Gasteiger partial charge in [-0.05, 0) is 37.8 Å². The molecule has 0 aromatic carbocycles. The van der Waals surface area contributed by atoms with Gasteiger partial charge < -0.3 is 5.32 Å². The lowest BCUT2D eigenvalue weighted by atomic mass is 10.2. The number of alkyl halides is 3. The molecule has 1 aliphatic carbocycles. The van der Waals surface area contributed by atoms with Crippen LogP contribution in [0.5, 0.6) is 0 Å². The first-order chi connectivity index (χ1) is 9.64. The van der Waals surface area contributed by atoms with Crippen molar-refractivity contribution < 1.29 is 26.4 Å². The zero-order chi connectivity index (χ0) is 15.8. The van der Waals surface area contributed by atoms with Crippen LogP contribution < -0.4 is 5.32 Å². The van der Waals surface area contributed by atoms with Gasteiger partial charge in [0.05, 0.1) is 5.56 Å². The fourth-order valence-corrected chi connectivity index (χ4v) is 2.76. The van der Waals surface area contributed by atoms with E-state index in [1.54, 1.807) is 6.92 Å². The maximum Gasteiger partial charge on any atom is 0.503 e. The van der Waals surface area contributed by atoms with Crippen LogP contribution in [0.15, 0.2) is 23.4 Å². The zero-order valence-corrected chi connectivity index (χ0v) is 11.8. The summed E-state index contributed by atoms with van der Waals surface area (Å²) in [7, 11) is -5.66. The molecule has 1 heterocycles. The number of nitrogens with zero attached hydrogens (tertiary/aromatic N) is 1. The van der Waals surface area contributed by atoms with Gasteiger partial charge in [0.15, 0.2) is 5.03 Å². The van der Waals surface area contributed by atoms with Crippen molar-refractivity contribution >= 4 is 15.7 Å². The summed E-state index contributed by atoms with van der Waals surface area (Å²) in [6, 6.07) is 2.01. The maximum absolute atomic E-state index is 12.6. The highest BCUT2D eigenvalue weighted by atomic mass is 32.2. The molecule has 1 aliphatic rings. The van der Waals surface area contributed by atoms with Gasteiger partial charge in [0.2, 0.25) is 0 Å². The second-order valence-corrected chi connectivity index (χ2v) is 6.76. The number of nitrogens with one attached hydrogen (secondary N) is 1. The van der Waals surface area contributed by atoms with E-state index in [0.717, 1.165) is 25.1 Å². The Bertz CT molecular complexity index is 654. The molecule has 0 saturated heterocycles. The monoisotopic (exact) mass is 322 g/mol. The van der Waals surface area contributed by atoms with E-state index in [-0.39, 0.29) is 12.0 Å². The van der Waals surface area contributed by atoms with Crippen LogP contribution in [0.4, 0.5) is 13.2 Å². The molecule has 1 aromatic heterocycles. The third-order valence-electron chi connectivity index (χ3n) is 3.26. The van der Waals surface area contributed by atoms with Gasteiger partial charge in [-0.2, -0.15) is 13.2 Å². The number of rotatable bonds is 4. The lowest BCUT2D eigenvalue weighted by Gasteiger charge is -2.15. The molecule has 2 rings (SSSR count). The maximum atomic E-state index is 12.6. The Kier molecular flexibility index (Phi) is 3.96. The normalized spacial score (nSPS) is 17.3. The average molecular weight is 322 g/mol. The molecule has 1 fully saturated rings. The van der Waals surface area contributed by atoms with E-state index in [9.17, 15) is 26.4 Å². The smallest absolute Gasteiger partial charge is 0.349 e. The number of sulfone groups is 1. The number of carbonyl (C=O) groups is 1. The molecule has 9 heteroatoms. The molecule has 1 aromatic rings. The summed E-state index contributed by atoms with van der Waals surface area (Å²) < 4.78 is 60.7. The van der Waals surface area contributed by atoms with E-state index in [0.29, 0.717) is 0 Å². The predicted octanol–water partition coefficient (Wildman–Crippen LogP) is 1.90. The number of halogens is 3. The van der Waals surface area contributed by atoms with E-state index in [1.807, 2.05) is 0 Å². The van der Waals surface area contributed by atoms with Crippen molar-refractivity contribution in [1.82, 2.24) is 10.3 Å². The number of hydrogen-bond donors (Lipinski definition) is 1. The third-order valence-corrected chi connectivity index (χ3v) is 4.71. The predicted molar refractivity (Wildman–Crippen MR) is 67.1 cm³/mol. The van der Waals surface area contributed by atoms with Crippen LogP contribution in [-0.4, -0.2) is 30.9 Å². The summed E-state index contributed by atoms with van der Waals surface area (Å²) in [5, 5.41) is 1.25. The number of hydrogen-bond acceptors (Lipinski definition) is 4. The van der Waals surface area contributed by atoms with Crippen LogP contribution in [0.1, 0.15) is 30.1 Å². The van der Waals surface area contributed by atoms with Crippen LogP contribution in [0.3, 0.4) is 0 Å². The number of aromatic nitrogens is 1. The first kappa shape index (κ1) is 15.7. The van der Waals surface area contributed by atoms with Gasteiger partial charge in [0.25, 0.3) is 15.7 Å². The molecular weight excluding hydrogens is 309 g/mol. The Hall–Kier alpha value is -1.64. The second kappa shape index (κ2) is 5.28. The number of pyridine rings is 1. The lowest BCUT2D eigenvalue weighted by Crippen LogP contribution is -2.36. The molecule has 1 N–H and O–H groups in total. The Morgan fingerprint density at radius 3 is 2.57 bits per heavy atom. The first-order valence-electron chi connectivity index (χ1n) is 6.22. The average Bonchev–Trinajstić information content (AvgIpc) is 3.21. The molecule has 0 unspecified atom stereocenters. The van der Waals surface area contributed by atoms with Crippen molar-refractivity contribution in [2.24, 2.45) is 5.92 Å². The Morgan fingerprint density at radius 1 is 1.43 bits per heavy atom. The summed E-state index contributed by atoms with van der Waals surface area (Å²) in [6.07, 6.45) is 2.77. The molecule has 5 nitrogen and oxygen atoms in total. The SMILES string of the molecule is C[C@H](NC(=O)c1cccnc1S(=O)(=O)C(F)(F)F)C1CC1. The summed E-state index contributed by atoms with van der Waals surface area (Å²) >= 11 is 0. The molecule has 1 saturated carbocycles. The summed E-state index contributed by atoms with van der Waals surface area (Å²) in [4.78, 5) is 15.2. The molecule has 1 amide bonds. The van der Waals surface area contributed by atoms with Crippen LogP contribution in [0.2, 0.25) is 0 Å². The van der Waals surface area contributed by atoms with Gasteiger partial charge in [-0.25, -0.2) is 13.4 Å². The van der Waals surface area contributed by atoms with Crippen LogP contribution in [-0.2, 0) is 9.84 Å². The molecule has 0 spiro atoms. The van der Waals surface area contributed by atoms with Gasteiger partial charge in [-0.3, -0.25) is 4.79 Å². The molecule has 21 heavy (non-hydrogen) atoms. The largest absolute Gasteiger partial charge is 0.503 e. The first-order valence-corrected chi connectivity index (χ1v) is 7.70. The number of carbonyl (C=O) groups excluding carboxylic acids is 1. The van der Waals surface area contributed by atoms with Gasteiger partial charge in [-0.1, -0.05) is 0 Å². The van der Waals surface area contributed by atoms with Crippen molar-refractivity contribution in [3.05, 3.63) is 23.9 Å². The topological polar surface area (TPSA) is 76.1 Å². The minimum absolute atomic E-state index is 0.223. The van der Waals surface area contributed by atoms with E-state index in [4.69, 9.17) is 0 Å². The molecule has 1 atom stereocenters. The van der Waals surface area contributed by atoms with Crippen LogP contribution >= 0.6 is 0 Å². The van der Waals surface area contributed by atoms with Crippen molar-refractivity contribution in [2.75, 3.05) is 0 Å². The Morgan fingerprint density at radius 2 is 2.05 bits per heavy atom. The summed E-state index contributed by atoms with van der Waals surface area (Å²) in [6.45, 7) is 1.73. The number of amides is 1. The van der Waals surface area contributed by atoms with E-state index in [2.05, 4.69) is 10.3 Å². The Labute approximate surface area is 119 Å². The highest BCUT2D eigenvalue weighted by Gasteiger charge is 2.49. The van der Waals surface area contributed by atoms with Crippen LogP contribution in [0.25, 0.3) is 0 Å². The van der Waals surface area contributed by atoms with E-state index in [1.165, 1.54) is 6.07 Å². The lowest BCUT2D eigenvalue weighted by molar-refractivity contribution is -0.0438. The highest BCUT2D eigenvalue weighted by molar-refractivity contribution is 7.92. The zero-order valence-electron chi connectivity index (χ0n) is 11.0. The molecule has 116 valence electrons. The summed E-state index contributed by atoms with van der Waals surface area (Å²) in [5.41, 5.74) is -6.10. The van der Waals surface area contributed by atoms with Gasteiger partial charge >= 0.3 is 5.51 Å². The van der Waals surface area contributed by atoms with Gasteiger partial charge in [0, 0.05) is 12.2 Å². The van der Waals surface area contributed by atoms with E-state index >= 15 is 0 Å². The fraction of sp³-hybridized carbons (Fsp3) is 0.500. The highest BCUT2D eigenvalue weighted by Crippen LogP contribution is 2.33. The van der Waals surface area contributed by atoms with Gasteiger partial charge in [0.1, 0.15) is 0 Å². The summed E-state index contributed by atoms with van der Waals surface area (Å²) in [5.74, 6) is -0.585. The van der Waals surface area contributed by atoms with E-state index < -0.39 is 31.8 Å². The van der Waals surface area contributed by atoms with Crippen molar-refractivity contribution in [3.8, 4) is 0 Å². The Balaban J connectivity index is 2.35. The van der Waals surface area contributed by atoms with Gasteiger partial charge in [-0.15, -0.1) is 0 Å². The minimum atomic E-state index is -5.66. The standard InChI is InChI=1S/C12H13F3N2O3S/c1-7(8-4-5-8)17-10(18)9-3-2-6-16-11(9)21(19,20)12(13,14)15/h2-3,6-8H,4-5H2,1H3,(H,17,18)/t7-/m0/s1. The molecule has 0 bridgehead atoms. The second-order valence-electron chi connectivity index (χ2n) is 4.90. The molecule has 0 aliphatic heterocycles. The quantitative estimate of drug-likeness (QED) is 0.918.